The fourth-order valence-corrected chi connectivity index (χ4v) is 3.52. The summed E-state index contributed by atoms with van der Waals surface area (Å²) < 4.78 is 41.4. The molecule has 4 rings (SSSR count). The lowest BCUT2D eigenvalue weighted by Gasteiger charge is -2.16. The molecule has 1 aliphatic rings. The van der Waals surface area contributed by atoms with Crippen molar-refractivity contribution in [1.29, 1.82) is 0 Å². The van der Waals surface area contributed by atoms with Gasteiger partial charge in [0.05, 0.1) is 6.54 Å². The van der Waals surface area contributed by atoms with E-state index in [0.29, 0.717) is 38.2 Å². The number of alkyl halides is 3. The summed E-state index contributed by atoms with van der Waals surface area (Å²) in [6, 6.07) is 6.54. The van der Waals surface area contributed by atoms with Gasteiger partial charge >= 0.3 is 11.9 Å². The van der Waals surface area contributed by atoms with E-state index in [0.717, 1.165) is 17.7 Å². The zero-order chi connectivity index (χ0) is 22.0. The fourth-order valence-electron chi connectivity index (χ4n) is 3.52. The number of nitrogens with zero attached hydrogens (tertiary/aromatic N) is 5. The highest BCUT2D eigenvalue weighted by Gasteiger charge is 2.33. The maximum Gasteiger partial charge on any atom is 0.433 e. The number of carbonyl (C=O) groups excluding carboxylic acids is 1. The van der Waals surface area contributed by atoms with E-state index in [1.807, 2.05) is 6.07 Å². The minimum atomic E-state index is -4.62. The van der Waals surface area contributed by atoms with Crippen LogP contribution in [0.1, 0.15) is 40.4 Å². The molecule has 11 heteroatoms. The molecule has 3 aromatic rings. The van der Waals surface area contributed by atoms with Gasteiger partial charge in [-0.05, 0) is 36.6 Å². The number of carbonyl (C=O) groups is 1. The summed E-state index contributed by atoms with van der Waals surface area (Å²) in [5.41, 5.74) is -0.798. The van der Waals surface area contributed by atoms with E-state index in [-0.39, 0.29) is 17.4 Å². The van der Waals surface area contributed by atoms with Gasteiger partial charge < -0.3 is 5.32 Å². The van der Waals surface area contributed by atoms with Crippen molar-refractivity contribution >= 4 is 5.91 Å². The minimum absolute atomic E-state index is 0.245. The van der Waals surface area contributed by atoms with Crippen molar-refractivity contribution in [3.05, 3.63) is 76.0 Å². The zero-order valence-corrected chi connectivity index (χ0v) is 16.3. The summed E-state index contributed by atoms with van der Waals surface area (Å²) in [6.07, 6.45) is 0.117. The number of hydrogen-bond donors (Lipinski definition) is 1. The van der Waals surface area contributed by atoms with Crippen LogP contribution in [0.4, 0.5) is 13.2 Å². The predicted molar refractivity (Wildman–Crippen MR) is 103 cm³/mol. The number of halogens is 3. The largest absolute Gasteiger partial charge is 0.433 e. The smallest absolute Gasteiger partial charge is 0.348 e. The number of fused-ring (bicyclic) bond motifs is 1. The molecule has 162 valence electrons. The summed E-state index contributed by atoms with van der Waals surface area (Å²) in [4.78, 5) is 32.5. The molecule has 0 bridgehead atoms. The molecule has 0 saturated heterocycles. The van der Waals surface area contributed by atoms with Gasteiger partial charge in [0.25, 0.3) is 5.91 Å². The first-order chi connectivity index (χ1) is 14.8. The first-order valence-electron chi connectivity index (χ1n) is 9.72. The molecule has 1 amide bonds. The molecule has 0 saturated carbocycles. The average molecular weight is 432 g/mol. The van der Waals surface area contributed by atoms with Crippen molar-refractivity contribution in [3.63, 3.8) is 0 Å². The molecule has 3 aromatic heterocycles. The maximum absolute atomic E-state index is 12.8. The SMILES string of the molecule is O=C(NC1CCc2nn(Cc3cccnc3)c(=O)n2CC1)c1cccc(C(F)(F)F)n1. The third-order valence-electron chi connectivity index (χ3n) is 5.08. The van der Waals surface area contributed by atoms with Crippen molar-refractivity contribution in [2.75, 3.05) is 0 Å². The molecule has 0 radical (unpaired) electrons. The molecule has 31 heavy (non-hydrogen) atoms. The number of pyridine rings is 2. The summed E-state index contributed by atoms with van der Waals surface area (Å²) in [6.45, 7) is 0.663. The van der Waals surface area contributed by atoms with Crippen LogP contribution in [0.15, 0.2) is 47.5 Å². The highest BCUT2D eigenvalue weighted by Crippen LogP contribution is 2.27. The van der Waals surface area contributed by atoms with Gasteiger partial charge in [-0.15, -0.1) is 0 Å². The van der Waals surface area contributed by atoms with Crippen molar-refractivity contribution in [2.24, 2.45) is 0 Å². The Labute approximate surface area is 174 Å². The number of nitrogens with one attached hydrogen (secondary N) is 1. The number of aromatic nitrogens is 5. The number of rotatable bonds is 4. The molecule has 0 spiro atoms. The van der Waals surface area contributed by atoms with Crippen molar-refractivity contribution in [3.8, 4) is 0 Å². The van der Waals surface area contributed by atoms with Crippen molar-refractivity contribution in [1.82, 2.24) is 29.6 Å². The molecule has 1 N–H and O–H groups in total. The van der Waals surface area contributed by atoms with Crippen LogP contribution in [0.5, 0.6) is 0 Å². The van der Waals surface area contributed by atoms with E-state index in [4.69, 9.17) is 0 Å². The van der Waals surface area contributed by atoms with E-state index in [1.165, 1.54) is 10.7 Å². The van der Waals surface area contributed by atoms with Gasteiger partial charge in [0.15, 0.2) is 0 Å². The lowest BCUT2D eigenvalue weighted by Crippen LogP contribution is -2.36. The Morgan fingerprint density at radius 1 is 1.19 bits per heavy atom. The molecule has 8 nitrogen and oxygen atoms in total. The standard InChI is InChI=1S/C20H19F3N6O2/c21-20(22,23)16-5-1-4-15(26-16)18(30)25-14-6-7-17-27-29(19(31)28(17)10-8-14)12-13-3-2-9-24-11-13/h1-5,9,11,14H,6-8,10,12H2,(H,25,30). The highest BCUT2D eigenvalue weighted by atomic mass is 19.4. The molecule has 1 unspecified atom stereocenters. The first kappa shape index (κ1) is 20.8. The minimum Gasteiger partial charge on any atom is -0.348 e. The first-order valence-corrected chi connectivity index (χ1v) is 9.72. The second-order valence-electron chi connectivity index (χ2n) is 7.27. The van der Waals surface area contributed by atoms with Crippen LogP contribution in [0, 0.1) is 0 Å². The van der Waals surface area contributed by atoms with Crippen LogP contribution in [0.25, 0.3) is 0 Å². The van der Waals surface area contributed by atoms with Crippen LogP contribution < -0.4 is 11.0 Å². The molecule has 1 atom stereocenters. The van der Waals surface area contributed by atoms with Gasteiger partial charge in [-0.3, -0.25) is 14.3 Å². The van der Waals surface area contributed by atoms with Gasteiger partial charge in [-0.1, -0.05) is 12.1 Å². The zero-order valence-electron chi connectivity index (χ0n) is 16.3. The highest BCUT2D eigenvalue weighted by molar-refractivity contribution is 5.92. The van der Waals surface area contributed by atoms with E-state index in [1.54, 1.807) is 23.0 Å². The maximum atomic E-state index is 12.8. The summed E-state index contributed by atoms with van der Waals surface area (Å²) in [5.74, 6) is -0.0625. The van der Waals surface area contributed by atoms with E-state index in [2.05, 4.69) is 20.4 Å². The Morgan fingerprint density at radius 3 is 2.77 bits per heavy atom. The van der Waals surface area contributed by atoms with Gasteiger partial charge in [-0.25, -0.2) is 14.5 Å². The molecule has 1 aliphatic heterocycles. The lowest BCUT2D eigenvalue weighted by atomic mass is 10.1. The van der Waals surface area contributed by atoms with Crippen LogP contribution in [0.2, 0.25) is 0 Å². The molecule has 0 aliphatic carbocycles. The quantitative estimate of drug-likeness (QED) is 0.681. The molecular weight excluding hydrogens is 413 g/mol. The molecule has 0 aromatic carbocycles. The number of hydrogen-bond acceptors (Lipinski definition) is 5. The lowest BCUT2D eigenvalue weighted by molar-refractivity contribution is -0.141. The monoisotopic (exact) mass is 432 g/mol. The third-order valence-corrected chi connectivity index (χ3v) is 5.08. The Hall–Kier alpha value is -3.50. The third kappa shape index (κ3) is 4.65. The van der Waals surface area contributed by atoms with Gasteiger partial charge in [-0.2, -0.15) is 18.3 Å². The fraction of sp³-hybridized carbons (Fsp3) is 0.350. The topological polar surface area (TPSA) is 94.7 Å². The normalized spacial score (nSPS) is 16.4. The Bertz CT molecular complexity index is 1140. The number of amides is 1. The number of aryl methyl sites for hydroxylation is 1. The van der Waals surface area contributed by atoms with Crippen molar-refractivity contribution in [2.45, 2.75) is 44.6 Å². The van der Waals surface area contributed by atoms with Gasteiger partial charge in [0.1, 0.15) is 17.2 Å². The average Bonchev–Trinajstić information content (AvgIpc) is 2.91. The Kier molecular flexibility index (Phi) is 5.57. The van der Waals surface area contributed by atoms with E-state index in [9.17, 15) is 22.8 Å². The molecule has 0 fully saturated rings. The van der Waals surface area contributed by atoms with E-state index >= 15 is 0 Å². The Balaban J connectivity index is 1.42. The van der Waals surface area contributed by atoms with Gasteiger partial charge in [0, 0.05) is 31.4 Å². The van der Waals surface area contributed by atoms with Crippen LogP contribution in [-0.2, 0) is 25.7 Å². The Morgan fingerprint density at radius 2 is 2.03 bits per heavy atom. The van der Waals surface area contributed by atoms with Crippen LogP contribution in [0.3, 0.4) is 0 Å². The molecule has 4 heterocycles. The van der Waals surface area contributed by atoms with Gasteiger partial charge in [0.2, 0.25) is 0 Å². The summed E-state index contributed by atoms with van der Waals surface area (Å²) in [5, 5.41) is 7.13. The van der Waals surface area contributed by atoms with Crippen molar-refractivity contribution < 1.29 is 18.0 Å². The van der Waals surface area contributed by atoms with E-state index < -0.39 is 17.8 Å². The second kappa shape index (κ2) is 8.32. The molecular formula is C20H19F3N6O2. The summed E-state index contributed by atoms with van der Waals surface area (Å²) >= 11 is 0. The predicted octanol–water partition coefficient (Wildman–Crippen LogP) is 2.04. The van der Waals surface area contributed by atoms with Crippen LogP contribution >= 0.6 is 0 Å². The van der Waals surface area contributed by atoms with Crippen LogP contribution in [-0.4, -0.2) is 36.3 Å². The summed E-state index contributed by atoms with van der Waals surface area (Å²) in [7, 11) is 0. The second-order valence-corrected chi connectivity index (χ2v) is 7.27.